The molecule has 16 heavy (non-hydrogen) atoms. The van der Waals surface area contributed by atoms with Gasteiger partial charge in [0.15, 0.2) is 11.6 Å². The highest BCUT2D eigenvalue weighted by Gasteiger charge is 2.06. The number of H-pyrrole nitrogens is 2. The molecule has 0 amide bonds. The monoisotopic (exact) mass is 225 g/mol. The lowest BCUT2D eigenvalue weighted by Crippen LogP contribution is -2.32. The summed E-state index contributed by atoms with van der Waals surface area (Å²) >= 11 is 0. The summed E-state index contributed by atoms with van der Waals surface area (Å²) < 4.78 is 4.50. The van der Waals surface area contributed by atoms with E-state index in [4.69, 9.17) is 5.84 Å². The molecule has 0 aliphatic rings. The van der Waals surface area contributed by atoms with Crippen molar-refractivity contribution in [2.75, 3.05) is 11.6 Å². The van der Waals surface area contributed by atoms with E-state index in [0.29, 0.717) is 24.6 Å². The van der Waals surface area contributed by atoms with Crippen LogP contribution in [0.4, 0.5) is 5.82 Å². The lowest BCUT2D eigenvalue weighted by molar-refractivity contribution is 0.391. The highest BCUT2D eigenvalue weighted by molar-refractivity contribution is 5.32. The molecule has 4 N–H and O–H groups in total. The number of hydrogen-bond donors (Lipinski definition) is 3. The third-order valence-corrected chi connectivity index (χ3v) is 2.01. The number of tetrazole rings is 1. The van der Waals surface area contributed by atoms with Crippen LogP contribution in [0.5, 0.6) is 0 Å². The van der Waals surface area contributed by atoms with Crippen LogP contribution in [0.2, 0.25) is 0 Å². The topological polar surface area (TPSA) is 130 Å². The van der Waals surface area contributed by atoms with Gasteiger partial charge in [-0.05, 0) is 6.42 Å². The molecule has 0 fully saturated rings. The molecule has 0 radical (unpaired) electrons. The molecule has 0 bridgehead atoms. The molecule has 0 saturated heterocycles. The molecule has 0 atom stereocenters. The first-order valence-electron chi connectivity index (χ1n) is 4.69. The van der Waals surface area contributed by atoms with E-state index in [1.54, 1.807) is 0 Å². The fourth-order valence-corrected chi connectivity index (χ4v) is 1.23. The average Bonchev–Trinajstić information content (AvgIpc) is 2.89. The Bertz CT molecular complexity index is 473. The molecular weight excluding hydrogens is 214 g/mol. The number of nitrogens with one attached hydrogen (secondary N) is 2. The van der Waals surface area contributed by atoms with Gasteiger partial charge in [-0.25, -0.2) is 15.8 Å². The average molecular weight is 225 g/mol. The van der Waals surface area contributed by atoms with Crippen LogP contribution in [0, 0.1) is 0 Å². The van der Waals surface area contributed by atoms with Gasteiger partial charge in [-0.1, -0.05) is 5.21 Å². The molecule has 0 aliphatic carbocycles. The molecule has 0 aliphatic heterocycles. The molecule has 9 heteroatoms. The smallest absolute Gasteiger partial charge is 0.337 e. The van der Waals surface area contributed by atoms with E-state index in [2.05, 4.69) is 30.3 Å². The Morgan fingerprint density at radius 1 is 1.56 bits per heavy atom. The number of rotatable bonds is 5. The lowest BCUT2D eigenvalue weighted by atomic mass is 10.3. The van der Waals surface area contributed by atoms with Crippen LogP contribution in [0.15, 0.2) is 15.4 Å². The maximum atomic E-state index is 10.7. The Kier molecular flexibility index (Phi) is 2.96. The lowest BCUT2D eigenvalue weighted by Gasteiger charge is -2.14. The number of aromatic amines is 2. The van der Waals surface area contributed by atoms with E-state index < -0.39 is 5.63 Å². The van der Waals surface area contributed by atoms with Crippen molar-refractivity contribution in [2.24, 2.45) is 5.84 Å². The van der Waals surface area contributed by atoms with Gasteiger partial charge in [-0.2, -0.15) is 5.21 Å². The summed E-state index contributed by atoms with van der Waals surface area (Å²) in [6, 6.07) is 1.29. The Morgan fingerprint density at radius 2 is 2.44 bits per heavy atom. The quantitative estimate of drug-likeness (QED) is 0.430. The summed E-state index contributed by atoms with van der Waals surface area (Å²) in [5, 5.41) is 17.2. The van der Waals surface area contributed by atoms with Gasteiger partial charge in [0.05, 0.1) is 6.07 Å². The second kappa shape index (κ2) is 4.57. The maximum Gasteiger partial charge on any atom is 0.359 e. The maximum absolute atomic E-state index is 10.7. The standard InChI is InChI=1S/C7H11N7O2/c8-14(6-4-7(15)16-11-6)3-1-2-5-9-12-13-10-5/h4,11H,1-3,8H2,(H,9,10,12,13). The number of hydrazine groups is 1. The van der Waals surface area contributed by atoms with Gasteiger partial charge in [0, 0.05) is 13.0 Å². The largest absolute Gasteiger partial charge is 0.359 e. The first kappa shape index (κ1) is 10.4. The third kappa shape index (κ3) is 2.45. The predicted molar refractivity (Wildman–Crippen MR) is 53.4 cm³/mol. The summed E-state index contributed by atoms with van der Waals surface area (Å²) in [6.07, 6.45) is 1.40. The molecule has 86 valence electrons. The second-order valence-electron chi connectivity index (χ2n) is 3.18. The van der Waals surface area contributed by atoms with E-state index >= 15 is 0 Å². The highest BCUT2D eigenvalue weighted by Crippen LogP contribution is 2.03. The molecule has 0 aromatic carbocycles. The Hall–Kier alpha value is -2.16. The van der Waals surface area contributed by atoms with Crippen molar-refractivity contribution < 1.29 is 4.52 Å². The molecule has 2 aromatic rings. The number of nitrogens with two attached hydrogens (primary N) is 1. The van der Waals surface area contributed by atoms with Crippen molar-refractivity contribution >= 4 is 5.82 Å². The van der Waals surface area contributed by atoms with E-state index in [-0.39, 0.29) is 0 Å². The molecular formula is C7H11N7O2. The van der Waals surface area contributed by atoms with Crippen LogP contribution in [0.3, 0.4) is 0 Å². The van der Waals surface area contributed by atoms with E-state index in [1.807, 2.05) is 0 Å². The van der Waals surface area contributed by atoms with E-state index in [0.717, 1.165) is 6.42 Å². The van der Waals surface area contributed by atoms with Crippen molar-refractivity contribution in [3.8, 4) is 0 Å². The predicted octanol–water partition coefficient (Wildman–Crippen LogP) is -1.21. The molecule has 2 heterocycles. The Labute approximate surface area is 89.6 Å². The fourth-order valence-electron chi connectivity index (χ4n) is 1.23. The number of anilines is 1. The minimum atomic E-state index is -0.455. The molecule has 0 unspecified atom stereocenters. The summed E-state index contributed by atoms with van der Waals surface area (Å²) in [7, 11) is 0. The van der Waals surface area contributed by atoms with Crippen LogP contribution in [-0.2, 0) is 6.42 Å². The van der Waals surface area contributed by atoms with Crippen molar-refractivity contribution in [1.29, 1.82) is 0 Å². The Balaban J connectivity index is 1.80. The molecule has 2 rings (SSSR count). The van der Waals surface area contributed by atoms with E-state index in [9.17, 15) is 4.79 Å². The minimum Gasteiger partial charge on any atom is -0.337 e. The number of aryl methyl sites for hydroxylation is 1. The van der Waals surface area contributed by atoms with Gasteiger partial charge in [-0.3, -0.25) is 5.01 Å². The zero-order chi connectivity index (χ0) is 11.4. The van der Waals surface area contributed by atoms with Crippen LogP contribution < -0.4 is 16.5 Å². The number of aromatic nitrogens is 5. The zero-order valence-electron chi connectivity index (χ0n) is 8.38. The summed E-state index contributed by atoms with van der Waals surface area (Å²) in [4.78, 5) is 10.7. The normalized spacial score (nSPS) is 10.6. The van der Waals surface area contributed by atoms with Crippen LogP contribution in [0.25, 0.3) is 0 Å². The van der Waals surface area contributed by atoms with Crippen molar-refractivity contribution in [1.82, 2.24) is 25.8 Å². The summed E-state index contributed by atoms with van der Waals surface area (Å²) in [5.41, 5.74) is -0.455. The van der Waals surface area contributed by atoms with Gasteiger partial charge in [0.2, 0.25) is 0 Å². The van der Waals surface area contributed by atoms with Gasteiger partial charge in [0.1, 0.15) is 0 Å². The molecule has 2 aromatic heterocycles. The number of hydrogen-bond acceptors (Lipinski definition) is 7. The van der Waals surface area contributed by atoms with Gasteiger partial charge in [-0.15, -0.1) is 10.2 Å². The third-order valence-electron chi connectivity index (χ3n) is 2.01. The SMILES string of the molecule is NN(CCCc1nn[nH]n1)c1cc(=O)o[nH]1. The Morgan fingerprint density at radius 3 is 3.06 bits per heavy atom. The molecule has 0 saturated carbocycles. The van der Waals surface area contributed by atoms with Gasteiger partial charge >= 0.3 is 5.63 Å². The van der Waals surface area contributed by atoms with Crippen molar-refractivity contribution in [2.45, 2.75) is 12.8 Å². The van der Waals surface area contributed by atoms with Crippen molar-refractivity contribution in [3.63, 3.8) is 0 Å². The van der Waals surface area contributed by atoms with Crippen LogP contribution in [-0.4, -0.2) is 32.3 Å². The molecule has 0 spiro atoms. The highest BCUT2D eigenvalue weighted by atomic mass is 16.5. The van der Waals surface area contributed by atoms with Gasteiger partial charge < -0.3 is 4.52 Å². The van der Waals surface area contributed by atoms with E-state index in [1.165, 1.54) is 11.1 Å². The van der Waals surface area contributed by atoms with Crippen molar-refractivity contribution in [3.05, 3.63) is 22.3 Å². The van der Waals surface area contributed by atoms with Crippen LogP contribution >= 0.6 is 0 Å². The number of nitrogens with zero attached hydrogens (tertiary/aromatic N) is 4. The second-order valence-corrected chi connectivity index (χ2v) is 3.18. The summed E-state index contributed by atoms with van der Waals surface area (Å²) in [6.45, 7) is 0.546. The first-order valence-corrected chi connectivity index (χ1v) is 4.69. The van der Waals surface area contributed by atoms with Gasteiger partial charge in [0.25, 0.3) is 0 Å². The first-order chi connectivity index (χ1) is 7.75. The molecule has 9 nitrogen and oxygen atoms in total. The van der Waals surface area contributed by atoms with Crippen LogP contribution in [0.1, 0.15) is 12.2 Å². The zero-order valence-corrected chi connectivity index (χ0v) is 8.38. The summed E-state index contributed by atoms with van der Waals surface area (Å²) in [5.74, 6) is 6.76. The minimum absolute atomic E-state index is 0.443. The fraction of sp³-hybridized carbons (Fsp3) is 0.429.